The van der Waals surface area contributed by atoms with E-state index in [1.54, 1.807) is 18.5 Å². The molecule has 0 saturated heterocycles. The van der Waals surface area contributed by atoms with Gasteiger partial charge in [0.05, 0.1) is 28.8 Å². The number of nitrogens with one attached hydrogen (secondary N) is 3. The van der Waals surface area contributed by atoms with Crippen LogP contribution in [-0.2, 0) is 0 Å². The molecule has 5 rings (SSSR count). The molecule has 0 spiro atoms. The third-order valence-electron chi connectivity index (χ3n) is 6.17. The molecule has 0 saturated carbocycles. The van der Waals surface area contributed by atoms with E-state index in [4.69, 9.17) is 4.98 Å². The molecule has 0 aliphatic rings. The van der Waals surface area contributed by atoms with Crippen molar-refractivity contribution in [1.82, 2.24) is 40.3 Å². The molecule has 0 aliphatic heterocycles. The molecule has 0 aliphatic carbocycles. The van der Waals surface area contributed by atoms with Crippen molar-refractivity contribution in [2.75, 3.05) is 20.6 Å². The lowest BCUT2D eigenvalue weighted by Crippen LogP contribution is -2.23. The zero-order valence-electron chi connectivity index (χ0n) is 21.8. The Morgan fingerprint density at radius 3 is 2.55 bits per heavy atom. The molecular formula is C30H30N8. The molecular weight excluding hydrogens is 472 g/mol. The first-order valence-corrected chi connectivity index (χ1v) is 12.3. The summed E-state index contributed by atoms with van der Waals surface area (Å²) in [7, 11) is 4.01. The lowest BCUT2D eigenvalue weighted by atomic mass is 10.1. The first kappa shape index (κ1) is 24.9. The minimum Gasteiger partial charge on any atom is -0.358 e. The van der Waals surface area contributed by atoms with Gasteiger partial charge in [0, 0.05) is 58.4 Å². The van der Waals surface area contributed by atoms with Gasteiger partial charge in [-0.1, -0.05) is 19.2 Å². The monoisotopic (exact) mass is 502 g/mol. The Labute approximate surface area is 221 Å². The van der Waals surface area contributed by atoms with Crippen molar-refractivity contribution in [3.63, 3.8) is 0 Å². The van der Waals surface area contributed by atoms with Crippen LogP contribution in [0.5, 0.6) is 0 Å². The van der Waals surface area contributed by atoms with Crippen LogP contribution in [0.15, 0.2) is 97.9 Å². The normalized spacial score (nSPS) is 12.4. The molecule has 38 heavy (non-hydrogen) atoms. The second kappa shape index (κ2) is 10.7. The van der Waals surface area contributed by atoms with E-state index in [0.717, 1.165) is 73.7 Å². The number of likely N-dealkylation sites (N-methyl/N-ethyl adjacent to an activating group) is 1. The summed E-state index contributed by atoms with van der Waals surface area (Å²) >= 11 is 0. The molecule has 0 aromatic carbocycles. The Morgan fingerprint density at radius 2 is 1.82 bits per heavy atom. The van der Waals surface area contributed by atoms with Crippen molar-refractivity contribution in [3.05, 3.63) is 104 Å². The molecule has 3 N–H and O–H groups in total. The van der Waals surface area contributed by atoms with Crippen LogP contribution in [0.1, 0.15) is 12.6 Å². The molecule has 0 radical (unpaired) electrons. The van der Waals surface area contributed by atoms with Crippen molar-refractivity contribution >= 4 is 27.4 Å². The van der Waals surface area contributed by atoms with Crippen LogP contribution in [0.4, 0.5) is 0 Å². The predicted octanol–water partition coefficient (Wildman–Crippen LogP) is 5.70. The van der Waals surface area contributed by atoms with E-state index in [1.807, 2.05) is 63.8 Å². The molecule has 190 valence electrons. The van der Waals surface area contributed by atoms with Gasteiger partial charge in [-0.2, -0.15) is 5.10 Å². The summed E-state index contributed by atoms with van der Waals surface area (Å²) in [6.45, 7) is 10.8. The van der Waals surface area contributed by atoms with Gasteiger partial charge in [-0.25, -0.2) is 0 Å². The van der Waals surface area contributed by atoms with Gasteiger partial charge < -0.3 is 15.2 Å². The van der Waals surface area contributed by atoms with Crippen LogP contribution in [-0.4, -0.2) is 55.7 Å². The zero-order chi connectivity index (χ0) is 26.6. The average Bonchev–Trinajstić information content (AvgIpc) is 3.54. The first-order chi connectivity index (χ1) is 18.5. The van der Waals surface area contributed by atoms with Crippen LogP contribution < -0.4 is 5.32 Å². The molecule has 0 fully saturated rings. The third kappa shape index (κ3) is 5.02. The van der Waals surface area contributed by atoms with E-state index in [1.165, 1.54) is 0 Å². The van der Waals surface area contributed by atoms with E-state index in [-0.39, 0.29) is 0 Å². The van der Waals surface area contributed by atoms with Gasteiger partial charge in [-0.3, -0.25) is 20.1 Å². The molecule has 5 heterocycles. The Hall–Kier alpha value is -4.82. The number of nitrogens with zero attached hydrogens (tertiary/aromatic N) is 5. The molecule has 5 aromatic heterocycles. The number of aromatic nitrogens is 6. The van der Waals surface area contributed by atoms with Crippen molar-refractivity contribution in [2.45, 2.75) is 6.92 Å². The second-order valence-electron chi connectivity index (χ2n) is 9.24. The van der Waals surface area contributed by atoms with E-state index < -0.39 is 0 Å². The molecule has 8 heteroatoms. The zero-order valence-corrected chi connectivity index (χ0v) is 21.8. The maximum absolute atomic E-state index is 4.69. The number of rotatable bonds is 9. The highest BCUT2D eigenvalue weighted by Gasteiger charge is 2.15. The Kier molecular flexibility index (Phi) is 6.97. The van der Waals surface area contributed by atoms with Crippen LogP contribution in [0.2, 0.25) is 0 Å². The quantitative estimate of drug-likeness (QED) is 0.224. The molecule has 5 aromatic rings. The smallest absolute Gasteiger partial charge is 0.116 e. The fraction of sp³-hybridized carbons (Fsp3) is 0.133. The molecule has 8 nitrogen and oxygen atoms in total. The van der Waals surface area contributed by atoms with Gasteiger partial charge in [0.15, 0.2) is 0 Å². The first-order valence-electron chi connectivity index (χ1n) is 12.3. The summed E-state index contributed by atoms with van der Waals surface area (Å²) in [4.78, 5) is 19.0. The minimum atomic E-state index is 0.724. The van der Waals surface area contributed by atoms with Gasteiger partial charge in [-0.05, 0) is 69.1 Å². The van der Waals surface area contributed by atoms with Crippen LogP contribution in [0.3, 0.4) is 0 Å². The van der Waals surface area contributed by atoms with Gasteiger partial charge in [0.2, 0.25) is 0 Å². The number of H-pyrrole nitrogens is 2. The summed E-state index contributed by atoms with van der Waals surface area (Å²) in [6.07, 6.45) is 13.0. The highest BCUT2D eigenvalue weighted by molar-refractivity contribution is 6.00. The Balaban J connectivity index is 1.53. The minimum absolute atomic E-state index is 0.724. The SMILES string of the molecule is C=C/C(=C\C(=C/C)c1cc2c(-c3cc4c(-c5ccncc5)nccc4[nH]3)n[nH]c2cn1)NC(=C)CN(C)C. The molecule has 0 bridgehead atoms. The predicted molar refractivity (Wildman–Crippen MR) is 155 cm³/mol. The van der Waals surface area contributed by atoms with Gasteiger partial charge in [-0.15, -0.1) is 0 Å². The van der Waals surface area contributed by atoms with E-state index >= 15 is 0 Å². The fourth-order valence-electron chi connectivity index (χ4n) is 4.45. The maximum Gasteiger partial charge on any atom is 0.116 e. The highest BCUT2D eigenvalue weighted by Crippen LogP contribution is 2.33. The average molecular weight is 503 g/mol. The second-order valence-corrected chi connectivity index (χ2v) is 9.24. The number of hydrogen-bond acceptors (Lipinski definition) is 6. The highest BCUT2D eigenvalue weighted by atomic mass is 15.1. The fourth-order valence-corrected chi connectivity index (χ4v) is 4.45. The maximum atomic E-state index is 4.69. The van der Waals surface area contributed by atoms with Crippen molar-refractivity contribution in [3.8, 4) is 22.6 Å². The van der Waals surface area contributed by atoms with Gasteiger partial charge >= 0.3 is 0 Å². The molecule has 0 unspecified atom stereocenters. The largest absolute Gasteiger partial charge is 0.358 e. The number of hydrogen-bond donors (Lipinski definition) is 3. The topological polar surface area (TPSA) is 98.4 Å². The summed E-state index contributed by atoms with van der Waals surface area (Å²) in [5, 5.41) is 13.1. The van der Waals surface area contributed by atoms with Crippen molar-refractivity contribution in [1.29, 1.82) is 0 Å². The van der Waals surface area contributed by atoms with E-state index in [0.29, 0.717) is 0 Å². The van der Waals surface area contributed by atoms with Crippen LogP contribution in [0.25, 0.3) is 50.0 Å². The molecule has 0 atom stereocenters. The lowest BCUT2D eigenvalue weighted by Gasteiger charge is -2.15. The number of pyridine rings is 3. The van der Waals surface area contributed by atoms with E-state index in [9.17, 15) is 0 Å². The van der Waals surface area contributed by atoms with Crippen molar-refractivity contribution in [2.24, 2.45) is 0 Å². The molecule has 0 amide bonds. The lowest BCUT2D eigenvalue weighted by molar-refractivity contribution is 0.438. The number of fused-ring (bicyclic) bond motifs is 2. The van der Waals surface area contributed by atoms with Gasteiger partial charge in [0.1, 0.15) is 5.69 Å². The number of aromatic amines is 2. The van der Waals surface area contributed by atoms with Crippen LogP contribution >= 0.6 is 0 Å². The van der Waals surface area contributed by atoms with Crippen LogP contribution in [0, 0.1) is 0 Å². The van der Waals surface area contributed by atoms with E-state index in [2.05, 4.69) is 60.7 Å². The standard InChI is InChI=1S/C30H30N8/c1-6-20(14-22(7-2)34-19(3)18-38(4)5)26-15-24-28(17-33-26)36-37-30(24)27-16-23-25(35-27)10-13-32-29(23)21-8-11-31-12-9-21/h6-17,34-35H,2-3,18H2,1,4-5H3,(H,36,37)/b20-6+,22-14+. The number of allylic oxidation sites excluding steroid dienone is 4. The van der Waals surface area contributed by atoms with Crippen molar-refractivity contribution < 1.29 is 0 Å². The van der Waals surface area contributed by atoms with Gasteiger partial charge in [0.25, 0.3) is 0 Å². The third-order valence-corrected chi connectivity index (χ3v) is 6.17. The Bertz CT molecular complexity index is 1690. The summed E-state index contributed by atoms with van der Waals surface area (Å²) in [5.74, 6) is 0. The Morgan fingerprint density at radius 1 is 1.03 bits per heavy atom. The summed E-state index contributed by atoms with van der Waals surface area (Å²) < 4.78 is 0. The summed E-state index contributed by atoms with van der Waals surface area (Å²) in [6, 6.07) is 10.1. The summed E-state index contributed by atoms with van der Waals surface area (Å²) in [5.41, 5.74) is 9.01.